The number of thioether (sulfide) groups is 2. The van der Waals surface area contributed by atoms with Gasteiger partial charge >= 0.3 is 0 Å². The molecule has 0 heterocycles. The average Bonchev–Trinajstić information content (AvgIpc) is 2.07. The molecule has 96 valence electrons. The standard InChI is InChI=1S/C13H27PS2/c1-10(2)8-15-12(14-13(5,6)7)16-9-11(3)4/h10-11H,8-9H2,1-7H3. The van der Waals surface area contributed by atoms with Gasteiger partial charge in [0.15, 0.2) is 0 Å². The van der Waals surface area contributed by atoms with E-state index < -0.39 is 0 Å². The summed E-state index contributed by atoms with van der Waals surface area (Å²) >= 11 is 4.13. The molecule has 0 atom stereocenters. The second kappa shape index (κ2) is 8.06. The van der Waals surface area contributed by atoms with Gasteiger partial charge in [0.1, 0.15) is 0 Å². The third kappa shape index (κ3) is 11.4. The van der Waals surface area contributed by atoms with Gasteiger partial charge in [-0.3, -0.25) is 0 Å². The lowest BCUT2D eigenvalue weighted by Crippen LogP contribution is -2.05. The Morgan fingerprint density at radius 2 is 1.31 bits per heavy atom. The lowest BCUT2D eigenvalue weighted by molar-refractivity contribution is 0.751. The minimum Gasteiger partial charge on any atom is -0.114 e. The molecule has 0 fully saturated rings. The second-order valence-corrected chi connectivity index (χ2v) is 10.9. The molecule has 0 radical (unpaired) electrons. The van der Waals surface area contributed by atoms with E-state index in [0.29, 0.717) is 5.16 Å². The maximum absolute atomic E-state index is 2.32. The van der Waals surface area contributed by atoms with E-state index in [0.717, 1.165) is 11.8 Å². The summed E-state index contributed by atoms with van der Waals surface area (Å²) in [6.07, 6.45) is 0. The Morgan fingerprint density at radius 3 is 1.56 bits per heavy atom. The fourth-order valence-corrected chi connectivity index (χ4v) is 5.70. The Labute approximate surface area is 113 Å². The van der Waals surface area contributed by atoms with E-state index in [1.807, 2.05) is 0 Å². The highest BCUT2D eigenvalue weighted by molar-refractivity contribution is 8.43. The topological polar surface area (TPSA) is 0 Å². The fraction of sp³-hybridized carbons (Fsp3) is 0.923. The Bertz CT molecular complexity index is 200. The minimum atomic E-state index is 0.392. The molecular weight excluding hydrogens is 251 g/mol. The van der Waals surface area contributed by atoms with Crippen LogP contribution in [0.15, 0.2) is 0 Å². The molecule has 0 saturated carbocycles. The highest BCUT2D eigenvalue weighted by Crippen LogP contribution is 2.33. The summed E-state index contributed by atoms with van der Waals surface area (Å²) in [6.45, 7) is 16.1. The van der Waals surface area contributed by atoms with Crippen LogP contribution < -0.4 is 0 Å². The number of hydrogen-bond acceptors (Lipinski definition) is 2. The largest absolute Gasteiger partial charge is 0.114 e. The first-order valence-corrected chi connectivity index (χ1v) is 8.92. The van der Waals surface area contributed by atoms with E-state index in [1.54, 1.807) is 3.96 Å². The number of rotatable bonds is 6. The van der Waals surface area contributed by atoms with Crippen LogP contribution in [0, 0.1) is 11.8 Å². The van der Waals surface area contributed by atoms with E-state index in [2.05, 4.69) is 72.0 Å². The van der Waals surface area contributed by atoms with Crippen molar-refractivity contribution >= 4 is 35.7 Å². The summed E-state index contributed by atoms with van der Waals surface area (Å²) in [5.41, 5.74) is 0. The van der Waals surface area contributed by atoms with Crippen molar-refractivity contribution in [3.63, 3.8) is 0 Å². The molecule has 0 aliphatic heterocycles. The maximum atomic E-state index is 2.32. The minimum absolute atomic E-state index is 0.392. The Kier molecular flexibility index (Phi) is 8.49. The van der Waals surface area contributed by atoms with Gasteiger partial charge in [-0.05, 0) is 11.8 Å². The van der Waals surface area contributed by atoms with Crippen molar-refractivity contribution in [2.24, 2.45) is 11.8 Å². The molecule has 0 aromatic heterocycles. The molecule has 0 aromatic rings. The third-order valence-corrected chi connectivity index (χ3v) is 6.55. The monoisotopic (exact) mass is 278 g/mol. The molecule has 0 aliphatic rings. The summed E-state index contributed by atoms with van der Waals surface area (Å²) in [5, 5.41) is 0.392. The molecule has 0 aromatic carbocycles. The molecule has 0 unspecified atom stereocenters. The smallest absolute Gasteiger partial charge is 0.0636 e. The molecule has 3 heteroatoms. The van der Waals surface area contributed by atoms with Crippen LogP contribution in [0.1, 0.15) is 48.5 Å². The van der Waals surface area contributed by atoms with Crippen molar-refractivity contribution in [2.75, 3.05) is 11.5 Å². The van der Waals surface area contributed by atoms with Crippen LogP contribution in [0.4, 0.5) is 0 Å². The van der Waals surface area contributed by atoms with Gasteiger partial charge in [0.05, 0.1) is 3.96 Å². The summed E-state index contributed by atoms with van der Waals surface area (Å²) in [7, 11) is 1.50. The van der Waals surface area contributed by atoms with E-state index in [9.17, 15) is 0 Å². The van der Waals surface area contributed by atoms with Gasteiger partial charge in [-0.25, -0.2) is 0 Å². The van der Waals surface area contributed by atoms with Crippen LogP contribution in [0.25, 0.3) is 0 Å². The first-order chi connectivity index (χ1) is 7.20. The van der Waals surface area contributed by atoms with Gasteiger partial charge in [-0.2, -0.15) is 0 Å². The zero-order valence-corrected chi connectivity index (χ0v) is 14.4. The molecule has 0 rings (SSSR count). The quantitative estimate of drug-likeness (QED) is 0.580. The van der Waals surface area contributed by atoms with Crippen molar-refractivity contribution < 1.29 is 0 Å². The van der Waals surface area contributed by atoms with Gasteiger partial charge in [0.2, 0.25) is 0 Å². The molecule has 0 bridgehead atoms. The van der Waals surface area contributed by atoms with E-state index >= 15 is 0 Å². The third-order valence-electron chi connectivity index (χ3n) is 1.51. The molecule has 16 heavy (non-hydrogen) atoms. The first-order valence-electron chi connectivity index (χ1n) is 6.06. The van der Waals surface area contributed by atoms with Crippen LogP contribution >= 0.6 is 31.7 Å². The van der Waals surface area contributed by atoms with Gasteiger partial charge in [0, 0.05) is 16.7 Å². The molecular formula is C13H27PS2. The van der Waals surface area contributed by atoms with Gasteiger partial charge in [-0.15, -0.1) is 23.5 Å². The van der Waals surface area contributed by atoms with Crippen molar-refractivity contribution in [1.82, 2.24) is 0 Å². The van der Waals surface area contributed by atoms with Gasteiger partial charge < -0.3 is 0 Å². The van der Waals surface area contributed by atoms with Gasteiger partial charge in [0.25, 0.3) is 0 Å². The van der Waals surface area contributed by atoms with Crippen molar-refractivity contribution in [1.29, 1.82) is 0 Å². The highest BCUT2D eigenvalue weighted by Gasteiger charge is 2.11. The molecule has 0 aliphatic carbocycles. The number of hydrogen-bond donors (Lipinski definition) is 0. The van der Waals surface area contributed by atoms with Crippen molar-refractivity contribution in [2.45, 2.75) is 53.6 Å². The Hall–Kier alpha value is 0.870. The first kappa shape index (κ1) is 16.9. The lowest BCUT2D eigenvalue weighted by Gasteiger charge is -2.16. The Morgan fingerprint density at radius 1 is 0.938 bits per heavy atom. The summed E-state index contributed by atoms with van der Waals surface area (Å²) < 4.78 is 1.61. The SMILES string of the molecule is CC(C)CSC(=PC(C)(C)C)SCC(C)C. The van der Waals surface area contributed by atoms with Crippen LogP contribution in [0.2, 0.25) is 0 Å². The normalized spacial score (nSPS) is 12.8. The zero-order chi connectivity index (χ0) is 12.8. The van der Waals surface area contributed by atoms with Crippen LogP contribution in [0.3, 0.4) is 0 Å². The second-order valence-electron chi connectivity index (χ2n) is 5.96. The van der Waals surface area contributed by atoms with Crippen molar-refractivity contribution in [3.05, 3.63) is 0 Å². The Balaban J connectivity index is 4.33. The van der Waals surface area contributed by atoms with Crippen molar-refractivity contribution in [3.8, 4) is 0 Å². The zero-order valence-electron chi connectivity index (χ0n) is 11.8. The molecule has 0 saturated heterocycles. The summed E-state index contributed by atoms with van der Waals surface area (Å²) in [4.78, 5) is 0. The van der Waals surface area contributed by atoms with Crippen LogP contribution in [0.5, 0.6) is 0 Å². The maximum Gasteiger partial charge on any atom is 0.0636 e. The summed E-state index contributed by atoms with van der Waals surface area (Å²) in [6, 6.07) is 0. The molecule has 0 N–H and O–H groups in total. The van der Waals surface area contributed by atoms with Crippen LogP contribution in [-0.4, -0.2) is 20.6 Å². The van der Waals surface area contributed by atoms with E-state index in [1.165, 1.54) is 19.7 Å². The lowest BCUT2D eigenvalue weighted by atomic mass is 10.3. The molecule has 0 nitrogen and oxygen atoms in total. The fourth-order valence-electron chi connectivity index (χ4n) is 0.856. The highest BCUT2D eigenvalue weighted by atomic mass is 32.2. The van der Waals surface area contributed by atoms with Crippen LogP contribution in [-0.2, 0) is 0 Å². The van der Waals surface area contributed by atoms with E-state index in [4.69, 9.17) is 0 Å². The average molecular weight is 278 g/mol. The predicted octanol–water partition coefficient (Wildman–Crippen LogP) is 5.60. The molecule has 0 amide bonds. The molecule has 0 spiro atoms. The van der Waals surface area contributed by atoms with Gasteiger partial charge in [-0.1, -0.05) is 56.7 Å². The summed E-state index contributed by atoms with van der Waals surface area (Å²) in [5.74, 6) is 4.08. The predicted molar refractivity (Wildman–Crippen MR) is 86.3 cm³/mol. The van der Waals surface area contributed by atoms with E-state index in [-0.39, 0.29) is 0 Å².